The van der Waals surface area contributed by atoms with Gasteiger partial charge in [-0.25, -0.2) is 4.98 Å². The molecule has 1 aliphatic rings. The molecule has 1 aromatic carbocycles. The molecule has 1 aliphatic heterocycles. The second kappa shape index (κ2) is 4.40. The maximum atomic E-state index is 12.1. The molecule has 1 N–H and O–H groups in total. The number of nitrogens with zero attached hydrogens (tertiary/aromatic N) is 1. The molecule has 0 bridgehead atoms. The van der Waals surface area contributed by atoms with Gasteiger partial charge in [-0.2, -0.15) is 0 Å². The monoisotopic (exact) mass is 276 g/mol. The van der Waals surface area contributed by atoms with Gasteiger partial charge in [-0.05, 0) is 12.1 Å². The molecule has 0 saturated carbocycles. The largest absolute Gasteiger partial charge is 0.320 e. The number of nitrogens with one attached hydrogen (secondary N) is 1. The average Bonchev–Trinajstić information content (AvgIpc) is 2.71. The number of hydrogen-bond acceptors (Lipinski definition) is 4. The summed E-state index contributed by atoms with van der Waals surface area (Å²) in [4.78, 5) is 17.7. The molecule has 2 heterocycles. The summed E-state index contributed by atoms with van der Waals surface area (Å²) in [6.07, 6.45) is 0. The standard InChI is InChI=1S/C13H12N2OS2/c1-7(2)12-15-10-11(16)14-8-5-3-4-6-9(8)17-13(10)18-12/h3-7H,1-2H3,(H,14,16). The van der Waals surface area contributed by atoms with Crippen LogP contribution in [0.5, 0.6) is 0 Å². The molecule has 0 atom stereocenters. The Morgan fingerprint density at radius 2 is 2.06 bits per heavy atom. The Balaban J connectivity index is 2.10. The number of fused-ring (bicyclic) bond motifs is 2. The van der Waals surface area contributed by atoms with E-state index in [0.717, 1.165) is 19.8 Å². The molecule has 1 aromatic heterocycles. The van der Waals surface area contributed by atoms with E-state index in [1.165, 1.54) is 0 Å². The fourth-order valence-electron chi connectivity index (χ4n) is 1.72. The number of aromatic nitrogens is 1. The Labute approximate surface area is 114 Å². The first-order chi connectivity index (χ1) is 8.65. The lowest BCUT2D eigenvalue weighted by Crippen LogP contribution is -2.12. The van der Waals surface area contributed by atoms with Crippen LogP contribution in [0.15, 0.2) is 33.4 Å². The Bertz CT molecular complexity index is 619. The van der Waals surface area contributed by atoms with Crippen molar-refractivity contribution < 1.29 is 4.79 Å². The Morgan fingerprint density at radius 1 is 1.28 bits per heavy atom. The van der Waals surface area contributed by atoms with Crippen LogP contribution < -0.4 is 5.32 Å². The molecule has 3 nitrogen and oxygen atoms in total. The number of para-hydroxylation sites is 1. The second-order valence-corrected chi connectivity index (χ2v) is 6.74. The lowest BCUT2D eigenvalue weighted by atomic mass is 10.2. The molecule has 18 heavy (non-hydrogen) atoms. The summed E-state index contributed by atoms with van der Waals surface area (Å²) in [7, 11) is 0. The van der Waals surface area contributed by atoms with Crippen LogP contribution in [-0.4, -0.2) is 10.9 Å². The van der Waals surface area contributed by atoms with Crippen LogP contribution in [0.1, 0.15) is 35.3 Å². The molecule has 5 heteroatoms. The minimum absolute atomic E-state index is 0.106. The summed E-state index contributed by atoms with van der Waals surface area (Å²) in [6, 6.07) is 7.84. The minimum Gasteiger partial charge on any atom is -0.320 e. The van der Waals surface area contributed by atoms with Crippen molar-refractivity contribution in [3.05, 3.63) is 35.0 Å². The van der Waals surface area contributed by atoms with Crippen LogP contribution in [0.4, 0.5) is 5.69 Å². The van der Waals surface area contributed by atoms with Crippen molar-refractivity contribution in [2.45, 2.75) is 28.9 Å². The summed E-state index contributed by atoms with van der Waals surface area (Å²) in [5, 5.41) is 3.93. The predicted octanol–water partition coefficient (Wildman–Crippen LogP) is 3.98. The molecule has 0 unspecified atom stereocenters. The number of amides is 1. The number of rotatable bonds is 1. The summed E-state index contributed by atoms with van der Waals surface area (Å²) < 4.78 is 0.987. The van der Waals surface area contributed by atoms with Gasteiger partial charge in [-0.15, -0.1) is 11.3 Å². The molecule has 0 fully saturated rings. The highest BCUT2D eigenvalue weighted by atomic mass is 32.2. The zero-order valence-electron chi connectivity index (χ0n) is 10.1. The summed E-state index contributed by atoms with van der Waals surface area (Å²) in [6.45, 7) is 4.18. The van der Waals surface area contributed by atoms with Gasteiger partial charge in [-0.3, -0.25) is 4.79 Å². The fraction of sp³-hybridized carbons (Fsp3) is 0.231. The summed E-state index contributed by atoms with van der Waals surface area (Å²) in [5.41, 5.74) is 1.42. The number of carbonyl (C=O) groups is 1. The van der Waals surface area contributed by atoms with Crippen molar-refractivity contribution in [1.82, 2.24) is 4.98 Å². The smallest absolute Gasteiger partial charge is 0.276 e. The number of thiazole rings is 1. The molecule has 2 aromatic rings. The van der Waals surface area contributed by atoms with E-state index in [4.69, 9.17) is 0 Å². The fourth-order valence-corrected chi connectivity index (χ4v) is 4.02. The SMILES string of the molecule is CC(C)c1nc2c(s1)Sc1ccccc1NC2=O. The van der Waals surface area contributed by atoms with Crippen LogP contribution in [0.3, 0.4) is 0 Å². The number of benzene rings is 1. The average molecular weight is 276 g/mol. The number of hydrogen-bond donors (Lipinski definition) is 1. The van der Waals surface area contributed by atoms with Crippen LogP contribution in [0, 0.1) is 0 Å². The van der Waals surface area contributed by atoms with Crippen molar-refractivity contribution in [3.63, 3.8) is 0 Å². The van der Waals surface area contributed by atoms with E-state index in [2.05, 4.69) is 24.1 Å². The van der Waals surface area contributed by atoms with Crippen molar-refractivity contribution in [2.24, 2.45) is 0 Å². The van der Waals surface area contributed by atoms with Gasteiger partial charge in [-0.1, -0.05) is 37.7 Å². The molecule has 0 saturated heterocycles. The molecule has 0 aliphatic carbocycles. The third kappa shape index (κ3) is 1.93. The lowest BCUT2D eigenvalue weighted by Gasteiger charge is -2.04. The van der Waals surface area contributed by atoms with Crippen LogP contribution >= 0.6 is 23.1 Å². The van der Waals surface area contributed by atoms with Gasteiger partial charge in [0, 0.05) is 10.8 Å². The highest BCUT2D eigenvalue weighted by Gasteiger charge is 2.24. The lowest BCUT2D eigenvalue weighted by molar-refractivity contribution is 0.102. The van der Waals surface area contributed by atoms with Gasteiger partial charge < -0.3 is 5.32 Å². The van der Waals surface area contributed by atoms with Gasteiger partial charge in [0.15, 0.2) is 5.69 Å². The Hall–Kier alpha value is -1.33. The van der Waals surface area contributed by atoms with Crippen LogP contribution in [-0.2, 0) is 0 Å². The maximum Gasteiger partial charge on any atom is 0.276 e. The van der Waals surface area contributed by atoms with Crippen LogP contribution in [0.2, 0.25) is 0 Å². The van der Waals surface area contributed by atoms with Gasteiger partial charge >= 0.3 is 0 Å². The maximum absolute atomic E-state index is 12.1. The first kappa shape index (κ1) is 11.7. The van der Waals surface area contributed by atoms with Crippen molar-refractivity contribution in [3.8, 4) is 0 Å². The Morgan fingerprint density at radius 3 is 2.83 bits per heavy atom. The molecule has 3 rings (SSSR count). The third-order valence-electron chi connectivity index (χ3n) is 2.66. The van der Waals surface area contributed by atoms with E-state index in [-0.39, 0.29) is 5.91 Å². The van der Waals surface area contributed by atoms with E-state index < -0.39 is 0 Å². The second-order valence-electron chi connectivity index (χ2n) is 4.40. The predicted molar refractivity (Wildman–Crippen MR) is 74.7 cm³/mol. The first-order valence-electron chi connectivity index (χ1n) is 5.74. The molecule has 1 amide bonds. The molecule has 0 spiro atoms. The number of carbonyl (C=O) groups excluding carboxylic acids is 1. The van der Waals surface area contributed by atoms with Gasteiger partial charge in [0.1, 0.15) is 0 Å². The Kier molecular flexibility index (Phi) is 2.87. The van der Waals surface area contributed by atoms with E-state index in [1.54, 1.807) is 23.1 Å². The zero-order chi connectivity index (χ0) is 12.7. The first-order valence-corrected chi connectivity index (χ1v) is 7.37. The molecule has 0 radical (unpaired) electrons. The molecular formula is C13H12N2OS2. The van der Waals surface area contributed by atoms with Crippen LogP contribution in [0.25, 0.3) is 0 Å². The highest BCUT2D eigenvalue weighted by Crippen LogP contribution is 2.42. The number of anilines is 1. The minimum atomic E-state index is -0.106. The highest BCUT2D eigenvalue weighted by molar-refractivity contribution is 8.01. The molecular weight excluding hydrogens is 264 g/mol. The van der Waals surface area contributed by atoms with Crippen molar-refractivity contribution in [2.75, 3.05) is 5.32 Å². The van der Waals surface area contributed by atoms with Gasteiger partial charge in [0.25, 0.3) is 5.91 Å². The van der Waals surface area contributed by atoms with Gasteiger partial charge in [0.2, 0.25) is 0 Å². The van der Waals surface area contributed by atoms with E-state index >= 15 is 0 Å². The quantitative estimate of drug-likeness (QED) is 0.856. The van der Waals surface area contributed by atoms with E-state index in [9.17, 15) is 4.79 Å². The zero-order valence-corrected chi connectivity index (χ0v) is 11.7. The van der Waals surface area contributed by atoms with Gasteiger partial charge in [0.05, 0.1) is 14.9 Å². The third-order valence-corrected chi connectivity index (χ3v) is 5.26. The van der Waals surface area contributed by atoms with E-state index in [1.807, 2.05) is 24.3 Å². The van der Waals surface area contributed by atoms with Crippen molar-refractivity contribution >= 4 is 34.7 Å². The topological polar surface area (TPSA) is 42.0 Å². The summed E-state index contributed by atoms with van der Waals surface area (Å²) in [5.74, 6) is 0.246. The van der Waals surface area contributed by atoms with Crippen molar-refractivity contribution in [1.29, 1.82) is 0 Å². The molecule has 92 valence electrons. The normalized spacial score (nSPS) is 13.8. The summed E-state index contributed by atoms with van der Waals surface area (Å²) >= 11 is 3.23. The van der Waals surface area contributed by atoms with E-state index in [0.29, 0.717) is 11.6 Å².